The van der Waals surface area contributed by atoms with Gasteiger partial charge < -0.3 is 10.4 Å². The van der Waals surface area contributed by atoms with Crippen LogP contribution >= 0.6 is 0 Å². The topological polar surface area (TPSA) is 62.2 Å². The van der Waals surface area contributed by atoms with Gasteiger partial charge >= 0.3 is 5.97 Å². The summed E-state index contributed by atoms with van der Waals surface area (Å²) in [6.45, 7) is 0. The van der Waals surface area contributed by atoms with Crippen molar-refractivity contribution in [2.24, 2.45) is 0 Å². The summed E-state index contributed by atoms with van der Waals surface area (Å²) in [7, 11) is 0. The van der Waals surface area contributed by atoms with Crippen molar-refractivity contribution in [1.29, 1.82) is 0 Å². The first-order chi connectivity index (χ1) is 11.7. The predicted octanol–water partition coefficient (Wildman–Crippen LogP) is 4.83. The van der Waals surface area contributed by atoms with Crippen LogP contribution < -0.4 is 5.32 Å². The molecule has 2 N–H and O–H groups in total. The number of hydrogen-bond acceptors (Lipinski definition) is 3. The second-order valence-corrected chi connectivity index (χ2v) is 5.52. The average Bonchev–Trinajstić information content (AvgIpc) is 2.62. The van der Waals surface area contributed by atoms with E-state index in [-0.39, 0.29) is 5.56 Å². The molecular formula is C20H14N2O2. The Bertz CT molecular complexity index is 1070. The first kappa shape index (κ1) is 14.2. The fourth-order valence-corrected chi connectivity index (χ4v) is 2.92. The Morgan fingerprint density at radius 2 is 1.67 bits per heavy atom. The summed E-state index contributed by atoms with van der Waals surface area (Å²) >= 11 is 0. The van der Waals surface area contributed by atoms with E-state index in [2.05, 4.69) is 10.3 Å². The number of rotatable bonds is 3. The zero-order valence-corrected chi connectivity index (χ0v) is 12.7. The van der Waals surface area contributed by atoms with Gasteiger partial charge in [0.25, 0.3) is 0 Å². The highest BCUT2D eigenvalue weighted by Crippen LogP contribution is 2.32. The van der Waals surface area contributed by atoms with E-state index in [9.17, 15) is 9.90 Å². The van der Waals surface area contributed by atoms with Crippen molar-refractivity contribution in [2.45, 2.75) is 0 Å². The van der Waals surface area contributed by atoms with Crippen LogP contribution in [-0.2, 0) is 0 Å². The lowest BCUT2D eigenvalue weighted by Crippen LogP contribution is -2.04. The number of pyridine rings is 1. The van der Waals surface area contributed by atoms with Crippen LogP contribution in [0.25, 0.3) is 21.7 Å². The number of carboxylic acid groups (broad SMARTS) is 1. The molecule has 0 spiro atoms. The van der Waals surface area contributed by atoms with Gasteiger partial charge in [0.1, 0.15) is 0 Å². The summed E-state index contributed by atoms with van der Waals surface area (Å²) < 4.78 is 0. The molecule has 1 aromatic heterocycles. The number of fused-ring (bicyclic) bond motifs is 2. The highest BCUT2D eigenvalue weighted by molar-refractivity contribution is 6.08. The Balaban J connectivity index is 1.95. The van der Waals surface area contributed by atoms with Gasteiger partial charge in [0.2, 0.25) is 0 Å². The highest BCUT2D eigenvalue weighted by Gasteiger charge is 2.14. The molecule has 0 fully saturated rings. The Kier molecular flexibility index (Phi) is 3.35. The number of carboxylic acids is 1. The lowest BCUT2D eigenvalue weighted by molar-refractivity contribution is 0.0698. The molecule has 4 aromatic rings. The van der Waals surface area contributed by atoms with Crippen molar-refractivity contribution in [3.8, 4) is 0 Å². The highest BCUT2D eigenvalue weighted by atomic mass is 16.4. The van der Waals surface area contributed by atoms with Crippen molar-refractivity contribution in [3.63, 3.8) is 0 Å². The smallest absolute Gasteiger partial charge is 0.337 e. The first-order valence-corrected chi connectivity index (χ1v) is 7.60. The quantitative estimate of drug-likeness (QED) is 0.568. The maximum absolute atomic E-state index is 11.7. The van der Waals surface area contributed by atoms with Crippen LogP contribution in [0.3, 0.4) is 0 Å². The van der Waals surface area contributed by atoms with Gasteiger partial charge in [-0.1, -0.05) is 48.5 Å². The molecule has 4 heteroatoms. The van der Waals surface area contributed by atoms with Gasteiger partial charge in [-0.2, -0.15) is 0 Å². The monoisotopic (exact) mass is 314 g/mol. The van der Waals surface area contributed by atoms with Gasteiger partial charge in [0.05, 0.1) is 22.5 Å². The SMILES string of the molecule is O=C(O)c1ccc2ccccc2c1Nc1cccc2cccnc12. The molecule has 3 aromatic carbocycles. The van der Waals surface area contributed by atoms with E-state index < -0.39 is 5.97 Å². The normalized spacial score (nSPS) is 10.8. The van der Waals surface area contributed by atoms with Crippen LogP contribution in [0.2, 0.25) is 0 Å². The number of aromatic carboxylic acids is 1. The van der Waals surface area contributed by atoms with Crippen LogP contribution in [0.5, 0.6) is 0 Å². The molecule has 0 unspecified atom stereocenters. The zero-order chi connectivity index (χ0) is 16.5. The molecule has 0 radical (unpaired) electrons. The number of nitrogens with zero attached hydrogens (tertiary/aromatic N) is 1. The standard InChI is InChI=1S/C20H14N2O2/c23-20(24)16-11-10-13-5-1-2-8-15(13)19(16)22-17-9-3-6-14-7-4-12-21-18(14)17/h1-12,22H,(H,23,24). The fraction of sp³-hybridized carbons (Fsp3) is 0. The van der Waals surface area contributed by atoms with E-state index in [4.69, 9.17) is 0 Å². The summed E-state index contributed by atoms with van der Waals surface area (Å²) in [6.07, 6.45) is 1.73. The van der Waals surface area contributed by atoms with E-state index in [0.29, 0.717) is 5.69 Å². The summed E-state index contributed by atoms with van der Waals surface area (Å²) in [5, 5.41) is 15.7. The molecule has 0 aliphatic rings. The van der Waals surface area contributed by atoms with Crippen molar-refractivity contribution < 1.29 is 9.90 Å². The first-order valence-electron chi connectivity index (χ1n) is 7.60. The number of nitrogens with one attached hydrogen (secondary N) is 1. The summed E-state index contributed by atoms with van der Waals surface area (Å²) in [5.41, 5.74) is 2.41. The average molecular weight is 314 g/mol. The minimum atomic E-state index is -0.962. The molecule has 0 saturated heterocycles. The molecule has 4 rings (SSSR count). The van der Waals surface area contributed by atoms with Gasteiger partial charge in [-0.25, -0.2) is 4.79 Å². The van der Waals surface area contributed by atoms with Gasteiger partial charge in [-0.3, -0.25) is 4.98 Å². The van der Waals surface area contributed by atoms with Crippen molar-refractivity contribution in [3.05, 3.63) is 78.5 Å². The van der Waals surface area contributed by atoms with Crippen molar-refractivity contribution in [2.75, 3.05) is 5.32 Å². The van der Waals surface area contributed by atoms with E-state index in [1.54, 1.807) is 12.3 Å². The fourth-order valence-electron chi connectivity index (χ4n) is 2.92. The van der Waals surface area contributed by atoms with Crippen LogP contribution in [0.4, 0.5) is 11.4 Å². The van der Waals surface area contributed by atoms with Gasteiger partial charge in [-0.15, -0.1) is 0 Å². The second-order valence-electron chi connectivity index (χ2n) is 5.52. The van der Waals surface area contributed by atoms with E-state index in [1.165, 1.54) is 0 Å². The number of para-hydroxylation sites is 1. The van der Waals surface area contributed by atoms with Crippen LogP contribution in [-0.4, -0.2) is 16.1 Å². The lowest BCUT2D eigenvalue weighted by atomic mass is 10.0. The number of benzene rings is 3. The maximum atomic E-state index is 11.7. The van der Waals surface area contributed by atoms with E-state index >= 15 is 0 Å². The summed E-state index contributed by atoms with van der Waals surface area (Å²) in [6, 6.07) is 20.9. The molecule has 0 bridgehead atoms. The summed E-state index contributed by atoms with van der Waals surface area (Å²) in [5.74, 6) is -0.962. The Morgan fingerprint density at radius 1 is 0.875 bits per heavy atom. The summed E-state index contributed by atoms with van der Waals surface area (Å²) in [4.78, 5) is 16.1. The molecular weight excluding hydrogens is 300 g/mol. The lowest BCUT2D eigenvalue weighted by Gasteiger charge is -2.14. The third kappa shape index (κ3) is 2.34. The minimum Gasteiger partial charge on any atom is -0.478 e. The molecule has 0 amide bonds. The molecule has 0 aliphatic carbocycles. The van der Waals surface area contributed by atoms with E-state index in [1.807, 2.05) is 60.7 Å². The second kappa shape index (κ2) is 5.66. The third-order valence-electron chi connectivity index (χ3n) is 4.05. The Morgan fingerprint density at radius 3 is 2.54 bits per heavy atom. The largest absolute Gasteiger partial charge is 0.478 e. The molecule has 1 heterocycles. The number of carbonyl (C=O) groups is 1. The molecule has 4 nitrogen and oxygen atoms in total. The van der Waals surface area contributed by atoms with Gasteiger partial charge in [0, 0.05) is 17.0 Å². The van der Waals surface area contributed by atoms with Crippen molar-refractivity contribution >= 4 is 39.0 Å². The molecule has 0 atom stereocenters. The van der Waals surface area contributed by atoms with Crippen LogP contribution in [0, 0.1) is 0 Å². The Hall–Kier alpha value is -3.40. The minimum absolute atomic E-state index is 0.238. The predicted molar refractivity (Wildman–Crippen MR) is 95.9 cm³/mol. The molecule has 24 heavy (non-hydrogen) atoms. The van der Waals surface area contributed by atoms with E-state index in [0.717, 1.165) is 27.4 Å². The molecule has 0 aliphatic heterocycles. The Labute approximate surface area is 138 Å². The zero-order valence-electron chi connectivity index (χ0n) is 12.7. The molecule has 116 valence electrons. The van der Waals surface area contributed by atoms with Gasteiger partial charge in [0.15, 0.2) is 0 Å². The number of hydrogen-bond donors (Lipinski definition) is 2. The number of aromatic nitrogens is 1. The maximum Gasteiger partial charge on any atom is 0.337 e. The molecule has 0 saturated carbocycles. The third-order valence-corrected chi connectivity index (χ3v) is 4.05. The van der Waals surface area contributed by atoms with Crippen LogP contribution in [0.1, 0.15) is 10.4 Å². The van der Waals surface area contributed by atoms with Gasteiger partial charge in [-0.05, 0) is 23.6 Å². The van der Waals surface area contributed by atoms with Crippen molar-refractivity contribution in [1.82, 2.24) is 4.98 Å². The number of anilines is 2. The van der Waals surface area contributed by atoms with Crippen LogP contribution in [0.15, 0.2) is 72.9 Å².